The number of nitrogens with zero attached hydrogens (tertiary/aromatic N) is 1. The van der Waals surface area contributed by atoms with Crippen LogP contribution in [-0.2, 0) is 4.79 Å². The molecular weight excluding hydrogens is 252 g/mol. The van der Waals surface area contributed by atoms with Crippen LogP contribution in [0.15, 0.2) is 53.5 Å². The molecule has 3 rings (SSSR count). The summed E-state index contributed by atoms with van der Waals surface area (Å²) in [4.78, 5) is 16.1. The lowest BCUT2D eigenvalue weighted by Gasteiger charge is -2.10. The highest BCUT2D eigenvalue weighted by atomic mass is 16.5. The van der Waals surface area contributed by atoms with Gasteiger partial charge in [0.1, 0.15) is 12.3 Å². The van der Waals surface area contributed by atoms with E-state index in [0.29, 0.717) is 0 Å². The minimum absolute atomic E-state index is 0.102. The molecule has 1 aliphatic heterocycles. The minimum Gasteiger partial charge on any atom is -0.497 e. The molecule has 0 fully saturated rings. The van der Waals surface area contributed by atoms with Crippen LogP contribution in [0.3, 0.4) is 0 Å². The molecule has 2 aromatic carbocycles. The van der Waals surface area contributed by atoms with Crippen molar-refractivity contribution in [3.8, 4) is 5.75 Å². The predicted molar refractivity (Wildman–Crippen MR) is 78.6 cm³/mol. The molecule has 0 atom stereocenters. The van der Waals surface area contributed by atoms with Crippen LogP contribution < -0.4 is 10.1 Å². The van der Waals surface area contributed by atoms with E-state index >= 15 is 0 Å². The van der Waals surface area contributed by atoms with Crippen molar-refractivity contribution in [2.75, 3.05) is 19.0 Å². The Hall–Kier alpha value is -2.62. The summed E-state index contributed by atoms with van der Waals surface area (Å²) < 4.78 is 5.25. The number of para-hydroxylation sites is 1. The maximum absolute atomic E-state index is 11.7. The average Bonchev–Trinajstić information content (AvgIpc) is 2.65. The van der Waals surface area contributed by atoms with Gasteiger partial charge in [0.2, 0.25) is 5.91 Å². The van der Waals surface area contributed by atoms with Crippen LogP contribution in [-0.4, -0.2) is 25.3 Å². The molecule has 1 heterocycles. The highest BCUT2D eigenvalue weighted by Crippen LogP contribution is 2.24. The number of methoxy groups -OCH3 is 1. The maximum atomic E-state index is 11.7. The number of rotatable bonds is 2. The summed E-state index contributed by atoms with van der Waals surface area (Å²) in [6.45, 7) is 0.126. The largest absolute Gasteiger partial charge is 0.497 e. The van der Waals surface area contributed by atoms with Crippen molar-refractivity contribution in [2.24, 2.45) is 4.99 Å². The van der Waals surface area contributed by atoms with E-state index in [2.05, 4.69) is 10.3 Å². The second-order valence-corrected chi connectivity index (χ2v) is 4.49. The van der Waals surface area contributed by atoms with E-state index in [1.54, 1.807) is 7.11 Å². The third-order valence-corrected chi connectivity index (χ3v) is 3.18. The summed E-state index contributed by atoms with van der Waals surface area (Å²) >= 11 is 0. The zero-order valence-corrected chi connectivity index (χ0v) is 11.1. The van der Waals surface area contributed by atoms with E-state index in [-0.39, 0.29) is 12.5 Å². The van der Waals surface area contributed by atoms with Crippen LogP contribution in [0.1, 0.15) is 11.1 Å². The Labute approximate surface area is 117 Å². The summed E-state index contributed by atoms with van der Waals surface area (Å²) in [5.41, 5.74) is 3.45. The Balaban J connectivity index is 2.14. The first-order chi connectivity index (χ1) is 9.78. The van der Waals surface area contributed by atoms with Crippen molar-refractivity contribution >= 4 is 17.3 Å². The Morgan fingerprint density at radius 3 is 2.85 bits per heavy atom. The molecule has 4 heteroatoms. The summed E-state index contributed by atoms with van der Waals surface area (Å²) in [7, 11) is 1.63. The maximum Gasteiger partial charge on any atom is 0.246 e. The SMILES string of the molecule is COc1cccc(C2=NCC(=O)Nc3ccccc32)c1. The summed E-state index contributed by atoms with van der Waals surface area (Å²) in [6, 6.07) is 15.4. The quantitative estimate of drug-likeness (QED) is 0.907. The molecule has 20 heavy (non-hydrogen) atoms. The standard InChI is InChI=1S/C16H14N2O2/c1-20-12-6-4-5-11(9-12)16-13-7-2-3-8-14(13)18-15(19)10-17-16/h2-9H,10H2,1H3,(H,18,19). The number of aliphatic imine (C=N–C) groups is 1. The van der Waals surface area contributed by atoms with E-state index in [4.69, 9.17) is 4.74 Å². The highest BCUT2D eigenvalue weighted by molar-refractivity contribution is 6.19. The van der Waals surface area contributed by atoms with Gasteiger partial charge in [-0.05, 0) is 18.2 Å². The topological polar surface area (TPSA) is 50.7 Å². The lowest BCUT2D eigenvalue weighted by molar-refractivity contribution is -0.114. The lowest BCUT2D eigenvalue weighted by atomic mass is 10.0. The number of benzodiazepines with no additional fused rings is 1. The van der Waals surface area contributed by atoms with E-state index in [1.807, 2.05) is 48.5 Å². The van der Waals surface area contributed by atoms with Gasteiger partial charge in [-0.2, -0.15) is 0 Å². The van der Waals surface area contributed by atoms with E-state index in [0.717, 1.165) is 28.3 Å². The van der Waals surface area contributed by atoms with Gasteiger partial charge in [0, 0.05) is 11.1 Å². The van der Waals surface area contributed by atoms with Gasteiger partial charge in [0.25, 0.3) is 0 Å². The zero-order valence-electron chi connectivity index (χ0n) is 11.1. The number of ether oxygens (including phenoxy) is 1. The van der Waals surface area contributed by atoms with Crippen LogP contribution in [0, 0.1) is 0 Å². The zero-order chi connectivity index (χ0) is 13.9. The Morgan fingerprint density at radius 2 is 2.00 bits per heavy atom. The lowest BCUT2D eigenvalue weighted by Crippen LogP contribution is -2.13. The molecule has 0 spiro atoms. The Kier molecular flexibility index (Phi) is 3.21. The second kappa shape index (κ2) is 5.17. The van der Waals surface area contributed by atoms with Gasteiger partial charge in [0.15, 0.2) is 0 Å². The number of carbonyl (C=O) groups is 1. The predicted octanol–water partition coefficient (Wildman–Crippen LogP) is 2.48. The normalized spacial score (nSPS) is 13.8. The van der Waals surface area contributed by atoms with Gasteiger partial charge in [-0.25, -0.2) is 0 Å². The monoisotopic (exact) mass is 266 g/mol. The molecule has 0 saturated heterocycles. The van der Waals surface area contributed by atoms with Gasteiger partial charge in [-0.3, -0.25) is 9.79 Å². The first-order valence-electron chi connectivity index (χ1n) is 6.36. The molecule has 0 radical (unpaired) electrons. The van der Waals surface area contributed by atoms with Gasteiger partial charge < -0.3 is 10.1 Å². The van der Waals surface area contributed by atoms with Crippen LogP contribution >= 0.6 is 0 Å². The molecule has 100 valence electrons. The summed E-state index contributed by atoms with van der Waals surface area (Å²) in [5.74, 6) is 0.668. The van der Waals surface area contributed by atoms with Crippen molar-refractivity contribution in [1.29, 1.82) is 0 Å². The fraction of sp³-hybridized carbons (Fsp3) is 0.125. The van der Waals surface area contributed by atoms with E-state index in [9.17, 15) is 4.79 Å². The number of amides is 1. The molecule has 0 bridgehead atoms. The molecule has 1 aliphatic rings. The van der Waals surface area contributed by atoms with Gasteiger partial charge in [0.05, 0.1) is 18.5 Å². The fourth-order valence-corrected chi connectivity index (χ4v) is 2.24. The van der Waals surface area contributed by atoms with Crippen molar-refractivity contribution in [2.45, 2.75) is 0 Å². The summed E-state index contributed by atoms with van der Waals surface area (Å²) in [5, 5.41) is 2.87. The molecule has 0 unspecified atom stereocenters. The fourth-order valence-electron chi connectivity index (χ4n) is 2.24. The number of carbonyl (C=O) groups excluding carboxylic acids is 1. The number of nitrogens with one attached hydrogen (secondary N) is 1. The van der Waals surface area contributed by atoms with Crippen molar-refractivity contribution < 1.29 is 9.53 Å². The third-order valence-electron chi connectivity index (χ3n) is 3.18. The molecule has 4 nitrogen and oxygen atoms in total. The Morgan fingerprint density at radius 1 is 1.15 bits per heavy atom. The molecular formula is C16H14N2O2. The van der Waals surface area contributed by atoms with Crippen LogP contribution in [0.2, 0.25) is 0 Å². The minimum atomic E-state index is -0.102. The molecule has 1 amide bonds. The molecule has 1 N–H and O–H groups in total. The average molecular weight is 266 g/mol. The molecule has 0 aromatic heterocycles. The van der Waals surface area contributed by atoms with Gasteiger partial charge >= 0.3 is 0 Å². The Bertz CT molecular complexity index is 692. The molecule has 0 saturated carbocycles. The second-order valence-electron chi connectivity index (χ2n) is 4.49. The number of hydrogen-bond acceptors (Lipinski definition) is 3. The number of hydrogen-bond donors (Lipinski definition) is 1. The van der Waals surface area contributed by atoms with Crippen molar-refractivity contribution in [3.05, 3.63) is 59.7 Å². The number of anilines is 1. The number of fused-ring (bicyclic) bond motifs is 1. The van der Waals surface area contributed by atoms with E-state index < -0.39 is 0 Å². The molecule has 0 aliphatic carbocycles. The van der Waals surface area contributed by atoms with Gasteiger partial charge in [-0.15, -0.1) is 0 Å². The van der Waals surface area contributed by atoms with Crippen LogP contribution in [0.25, 0.3) is 0 Å². The first-order valence-corrected chi connectivity index (χ1v) is 6.36. The highest BCUT2D eigenvalue weighted by Gasteiger charge is 2.17. The molecule has 2 aromatic rings. The van der Waals surface area contributed by atoms with Gasteiger partial charge in [-0.1, -0.05) is 30.3 Å². The number of benzene rings is 2. The first kappa shape index (κ1) is 12.4. The smallest absolute Gasteiger partial charge is 0.246 e. The van der Waals surface area contributed by atoms with Crippen molar-refractivity contribution in [1.82, 2.24) is 0 Å². The van der Waals surface area contributed by atoms with Crippen molar-refractivity contribution in [3.63, 3.8) is 0 Å². The third kappa shape index (κ3) is 2.28. The summed E-state index contributed by atoms with van der Waals surface area (Å²) in [6.07, 6.45) is 0. The van der Waals surface area contributed by atoms with Crippen LogP contribution in [0.5, 0.6) is 5.75 Å². The van der Waals surface area contributed by atoms with E-state index in [1.165, 1.54) is 0 Å². The van der Waals surface area contributed by atoms with Crippen LogP contribution in [0.4, 0.5) is 5.69 Å².